The van der Waals surface area contributed by atoms with E-state index in [1.54, 1.807) is 36.4 Å². The van der Waals surface area contributed by atoms with Crippen LogP contribution in [0.1, 0.15) is 29.8 Å². The lowest BCUT2D eigenvalue weighted by atomic mass is 10.0. The van der Waals surface area contributed by atoms with Crippen LogP contribution in [0.25, 0.3) is 0 Å². The summed E-state index contributed by atoms with van der Waals surface area (Å²) in [4.78, 5) is 24.7. The van der Waals surface area contributed by atoms with Gasteiger partial charge in [0.15, 0.2) is 0 Å². The number of phenolic OH excluding ortho intramolecular Hbond substituents is 1. The number of aromatic hydroxyl groups is 1. The van der Waals surface area contributed by atoms with Crippen molar-refractivity contribution in [2.45, 2.75) is 19.9 Å². The predicted molar refractivity (Wildman–Crippen MR) is 104 cm³/mol. The second-order valence-electron chi connectivity index (χ2n) is 6.00. The van der Waals surface area contributed by atoms with Gasteiger partial charge >= 0.3 is 0 Å². The Labute approximate surface area is 160 Å². The highest BCUT2D eigenvalue weighted by Gasteiger charge is 2.24. The average molecular weight is 418 g/mol. The molecule has 0 radical (unpaired) electrons. The quantitative estimate of drug-likeness (QED) is 0.498. The first-order valence-electron chi connectivity index (χ1n) is 8.06. The third-order valence-electron chi connectivity index (χ3n) is 3.64. The molecule has 3 N–H and O–H groups in total. The van der Waals surface area contributed by atoms with E-state index in [0.717, 1.165) is 4.47 Å². The normalized spacial score (nSPS) is 12.2. The highest BCUT2D eigenvalue weighted by molar-refractivity contribution is 9.10. The summed E-state index contributed by atoms with van der Waals surface area (Å²) < 4.78 is 0.776. The molecule has 2 rings (SSSR count). The van der Waals surface area contributed by atoms with E-state index < -0.39 is 11.9 Å². The minimum absolute atomic E-state index is 0.0454. The van der Waals surface area contributed by atoms with E-state index in [0.29, 0.717) is 11.1 Å². The number of carbonyl (C=O) groups is 2. The van der Waals surface area contributed by atoms with Crippen molar-refractivity contribution in [3.8, 4) is 5.75 Å². The first kappa shape index (κ1) is 19.7. The van der Waals surface area contributed by atoms with Crippen molar-refractivity contribution in [2.24, 2.45) is 11.0 Å². The van der Waals surface area contributed by atoms with E-state index in [1.165, 1.54) is 12.3 Å². The number of benzene rings is 2. The fourth-order valence-electron chi connectivity index (χ4n) is 2.21. The summed E-state index contributed by atoms with van der Waals surface area (Å²) in [5.74, 6) is -0.843. The number of hydrogen-bond donors (Lipinski definition) is 3. The lowest BCUT2D eigenvalue weighted by Gasteiger charge is -2.20. The molecule has 0 spiro atoms. The van der Waals surface area contributed by atoms with Crippen LogP contribution in [0.4, 0.5) is 0 Å². The standard InChI is InChI=1S/C19H20BrN3O3/c1-12(2)17(22-18(25)13-6-4-3-5-7-13)19(26)23-21-11-14-10-15(20)8-9-16(14)24/h3-12,17,24H,1-2H3,(H,22,25)(H,23,26)/b21-11+. The van der Waals surface area contributed by atoms with E-state index in [9.17, 15) is 14.7 Å². The zero-order valence-corrected chi connectivity index (χ0v) is 16.0. The summed E-state index contributed by atoms with van der Waals surface area (Å²) in [5.41, 5.74) is 3.34. The molecular weight excluding hydrogens is 398 g/mol. The topological polar surface area (TPSA) is 90.8 Å². The van der Waals surface area contributed by atoms with Gasteiger partial charge in [-0.25, -0.2) is 5.43 Å². The number of carbonyl (C=O) groups excluding carboxylic acids is 2. The molecule has 1 atom stereocenters. The molecule has 1 unspecified atom stereocenters. The van der Waals surface area contributed by atoms with Crippen molar-refractivity contribution in [2.75, 3.05) is 0 Å². The summed E-state index contributed by atoms with van der Waals surface area (Å²) >= 11 is 3.30. The van der Waals surface area contributed by atoms with Gasteiger partial charge in [-0.15, -0.1) is 0 Å². The minimum Gasteiger partial charge on any atom is -0.507 e. The molecule has 2 aromatic rings. The summed E-state index contributed by atoms with van der Waals surface area (Å²) in [6.45, 7) is 3.67. The molecule has 0 saturated carbocycles. The van der Waals surface area contributed by atoms with Gasteiger partial charge in [-0.3, -0.25) is 9.59 Å². The van der Waals surface area contributed by atoms with Crippen molar-refractivity contribution in [1.82, 2.24) is 10.7 Å². The Bertz CT molecular complexity index is 807. The molecule has 6 nitrogen and oxygen atoms in total. The fraction of sp³-hybridized carbons (Fsp3) is 0.211. The van der Waals surface area contributed by atoms with Gasteiger partial charge in [0.1, 0.15) is 11.8 Å². The first-order chi connectivity index (χ1) is 12.4. The molecule has 0 aromatic heterocycles. The molecule has 0 heterocycles. The lowest BCUT2D eigenvalue weighted by Crippen LogP contribution is -2.48. The van der Waals surface area contributed by atoms with Gasteiger partial charge in [0.25, 0.3) is 11.8 Å². The van der Waals surface area contributed by atoms with Gasteiger partial charge in [0.2, 0.25) is 0 Å². The third kappa shape index (κ3) is 5.42. The zero-order valence-electron chi connectivity index (χ0n) is 14.4. The summed E-state index contributed by atoms with van der Waals surface area (Å²) in [7, 11) is 0. The van der Waals surface area contributed by atoms with E-state index in [2.05, 4.69) is 31.8 Å². The second-order valence-corrected chi connectivity index (χ2v) is 6.91. The minimum atomic E-state index is -0.740. The van der Waals surface area contributed by atoms with Gasteiger partial charge in [-0.2, -0.15) is 5.10 Å². The highest BCUT2D eigenvalue weighted by atomic mass is 79.9. The van der Waals surface area contributed by atoms with Crippen LogP contribution in [0, 0.1) is 5.92 Å². The maximum Gasteiger partial charge on any atom is 0.262 e. The zero-order chi connectivity index (χ0) is 19.1. The number of amides is 2. The number of hydrazone groups is 1. The monoisotopic (exact) mass is 417 g/mol. The molecule has 0 aliphatic rings. The third-order valence-corrected chi connectivity index (χ3v) is 4.13. The second kappa shape index (κ2) is 9.15. The summed E-state index contributed by atoms with van der Waals surface area (Å²) in [6, 6.07) is 12.8. The Kier molecular flexibility index (Phi) is 6.91. The Morgan fingerprint density at radius 3 is 2.50 bits per heavy atom. The number of rotatable bonds is 6. The number of nitrogens with one attached hydrogen (secondary N) is 2. The van der Waals surface area contributed by atoms with Crippen molar-refractivity contribution in [1.29, 1.82) is 0 Å². The van der Waals surface area contributed by atoms with E-state index >= 15 is 0 Å². The van der Waals surface area contributed by atoms with Crippen LogP contribution in [-0.2, 0) is 4.79 Å². The van der Waals surface area contributed by atoms with Crippen LogP contribution < -0.4 is 10.7 Å². The molecule has 0 aliphatic carbocycles. The van der Waals surface area contributed by atoms with Crippen LogP contribution in [0.15, 0.2) is 58.1 Å². The van der Waals surface area contributed by atoms with Gasteiger partial charge in [-0.05, 0) is 36.2 Å². The van der Waals surface area contributed by atoms with Gasteiger partial charge in [0, 0.05) is 15.6 Å². The Morgan fingerprint density at radius 2 is 1.85 bits per heavy atom. The maximum absolute atomic E-state index is 12.4. The Morgan fingerprint density at radius 1 is 1.15 bits per heavy atom. The Balaban J connectivity index is 2.03. The highest BCUT2D eigenvalue weighted by Crippen LogP contribution is 2.19. The van der Waals surface area contributed by atoms with Crippen LogP contribution >= 0.6 is 15.9 Å². The lowest BCUT2D eigenvalue weighted by molar-refractivity contribution is -0.123. The number of phenols is 1. The maximum atomic E-state index is 12.4. The van der Waals surface area contributed by atoms with Gasteiger partial charge in [-0.1, -0.05) is 48.0 Å². The Hall–Kier alpha value is -2.67. The molecule has 136 valence electrons. The smallest absolute Gasteiger partial charge is 0.262 e. The van der Waals surface area contributed by atoms with Gasteiger partial charge < -0.3 is 10.4 Å². The fourth-order valence-corrected chi connectivity index (χ4v) is 2.59. The molecule has 0 fully saturated rings. The average Bonchev–Trinajstić information content (AvgIpc) is 2.62. The predicted octanol–water partition coefficient (Wildman–Crippen LogP) is 3.06. The molecule has 26 heavy (non-hydrogen) atoms. The SMILES string of the molecule is CC(C)C(NC(=O)c1ccccc1)C(=O)N/N=C/c1cc(Br)ccc1O. The van der Waals surface area contributed by atoms with Crippen LogP contribution in [0.3, 0.4) is 0 Å². The molecule has 0 saturated heterocycles. The van der Waals surface area contributed by atoms with Crippen molar-refractivity contribution in [3.05, 3.63) is 64.1 Å². The largest absolute Gasteiger partial charge is 0.507 e. The first-order valence-corrected chi connectivity index (χ1v) is 8.85. The van der Waals surface area contributed by atoms with Gasteiger partial charge in [0.05, 0.1) is 6.21 Å². The molecule has 2 amide bonds. The molecule has 2 aromatic carbocycles. The van der Waals surface area contributed by atoms with E-state index in [4.69, 9.17) is 0 Å². The summed E-state index contributed by atoms with van der Waals surface area (Å²) in [6.07, 6.45) is 1.34. The van der Waals surface area contributed by atoms with Crippen LogP contribution in [0.2, 0.25) is 0 Å². The van der Waals surface area contributed by atoms with E-state index in [-0.39, 0.29) is 17.6 Å². The molecular formula is C19H20BrN3O3. The number of nitrogens with zero attached hydrogens (tertiary/aromatic N) is 1. The van der Waals surface area contributed by atoms with Crippen molar-refractivity contribution >= 4 is 34.0 Å². The van der Waals surface area contributed by atoms with Crippen molar-refractivity contribution < 1.29 is 14.7 Å². The molecule has 0 aliphatic heterocycles. The van der Waals surface area contributed by atoms with Crippen molar-refractivity contribution in [3.63, 3.8) is 0 Å². The van der Waals surface area contributed by atoms with E-state index in [1.807, 2.05) is 19.9 Å². The summed E-state index contributed by atoms with van der Waals surface area (Å²) in [5, 5.41) is 16.4. The number of halogens is 1. The van der Waals surface area contributed by atoms with Crippen LogP contribution in [0.5, 0.6) is 5.75 Å². The van der Waals surface area contributed by atoms with Crippen LogP contribution in [-0.4, -0.2) is 29.2 Å². The number of hydrogen-bond acceptors (Lipinski definition) is 4. The molecule has 7 heteroatoms. The molecule has 0 bridgehead atoms.